The Hall–Kier alpha value is -0.730. The molecule has 0 aromatic heterocycles. The van der Waals surface area contributed by atoms with Gasteiger partial charge in [-0.05, 0) is 6.42 Å². The van der Waals surface area contributed by atoms with Crippen molar-refractivity contribution >= 4 is 5.97 Å². The fourth-order valence-electron chi connectivity index (χ4n) is 1.27. The molecule has 0 heterocycles. The third-order valence-corrected chi connectivity index (χ3v) is 2.51. The van der Waals surface area contributed by atoms with E-state index < -0.39 is 6.10 Å². The zero-order chi connectivity index (χ0) is 15.2. The normalized spacial score (nSPS) is 14.0. The van der Waals surface area contributed by atoms with Crippen LogP contribution in [-0.4, -0.2) is 67.2 Å². The minimum Gasteiger partial charge on any atom is -0.465 e. The summed E-state index contributed by atoms with van der Waals surface area (Å²) in [5.41, 5.74) is 0. The van der Waals surface area contributed by atoms with Crippen LogP contribution in [0.25, 0.3) is 0 Å². The summed E-state index contributed by atoms with van der Waals surface area (Å²) in [5.74, 6) is -0.570. The van der Waals surface area contributed by atoms with Gasteiger partial charge in [-0.1, -0.05) is 13.3 Å². The minimum atomic E-state index is -0.924. The molecule has 0 aliphatic rings. The molecule has 0 rings (SSSR count). The van der Waals surface area contributed by atoms with Gasteiger partial charge in [0, 0.05) is 12.3 Å². The molecule has 120 valence electrons. The number of aliphatic hydroxyl groups is 3. The van der Waals surface area contributed by atoms with Crippen LogP contribution in [0.15, 0.2) is 0 Å². The molecule has 0 saturated carbocycles. The van der Waals surface area contributed by atoms with Crippen molar-refractivity contribution in [3.8, 4) is 0 Å². The second-order valence-electron chi connectivity index (χ2n) is 4.53. The molecule has 7 heteroatoms. The van der Waals surface area contributed by atoms with E-state index in [1.54, 1.807) is 0 Å². The van der Waals surface area contributed by atoms with E-state index in [1.165, 1.54) is 0 Å². The summed E-state index contributed by atoms with van der Waals surface area (Å²) in [6, 6.07) is 0. The molecule has 0 aliphatic carbocycles. The van der Waals surface area contributed by atoms with Gasteiger partial charge in [0.15, 0.2) is 0 Å². The highest BCUT2D eigenvalue weighted by Crippen LogP contribution is 2.02. The topological polar surface area (TPSA) is 105 Å². The first-order chi connectivity index (χ1) is 9.63. The first-order valence-corrected chi connectivity index (χ1v) is 6.84. The van der Waals surface area contributed by atoms with Gasteiger partial charge in [0.1, 0.15) is 12.9 Å². The van der Waals surface area contributed by atoms with Crippen molar-refractivity contribution in [2.75, 3.05) is 39.8 Å². The third-order valence-electron chi connectivity index (χ3n) is 2.51. The zero-order valence-electron chi connectivity index (χ0n) is 12.0. The number of esters is 1. The Labute approximate surface area is 119 Å². The van der Waals surface area contributed by atoms with Gasteiger partial charge in [-0.15, -0.1) is 0 Å². The summed E-state index contributed by atoms with van der Waals surface area (Å²) in [6.07, 6.45) is 1.18. The lowest BCUT2D eigenvalue weighted by atomic mass is 10.2. The van der Waals surface area contributed by atoms with Crippen LogP contribution in [0.3, 0.4) is 0 Å². The Morgan fingerprint density at radius 2 is 1.80 bits per heavy atom. The number of unbranched alkanes of at least 4 members (excludes halogenated alkanes) is 1. The summed E-state index contributed by atoms with van der Waals surface area (Å²) >= 11 is 0. The molecule has 0 aromatic carbocycles. The number of hydrogen-bond donors (Lipinski definition) is 3. The molecule has 0 bridgehead atoms. The Morgan fingerprint density at radius 1 is 1.10 bits per heavy atom. The highest BCUT2D eigenvalue weighted by Gasteiger charge is 2.11. The summed E-state index contributed by atoms with van der Waals surface area (Å²) in [4.78, 5) is 11.3. The average molecular weight is 294 g/mol. The minimum absolute atomic E-state index is 0.0215. The maximum absolute atomic E-state index is 11.3. The van der Waals surface area contributed by atoms with Gasteiger partial charge in [-0.2, -0.15) is 0 Å². The Kier molecular flexibility index (Phi) is 12.8. The van der Waals surface area contributed by atoms with Crippen LogP contribution >= 0.6 is 0 Å². The monoisotopic (exact) mass is 294 g/mol. The van der Waals surface area contributed by atoms with Crippen molar-refractivity contribution in [1.82, 2.24) is 0 Å². The molecule has 0 radical (unpaired) electrons. The summed E-state index contributed by atoms with van der Waals surface area (Å²) in [7, 11) is 0. The number of carbonyl (C=O) groups is 1. The van der Waals surface area contributed by atoms with Crippen LogP contribution in [0.5, 0.6) is 0 Å². The molecular formula is C13H26O7. The lowest BCUT2D eigenvalue weighted by Crippen LogP contribution is -2.24. The lowest BCUT2D eigenvalue weighted by molar-refractivity contribution is -0.147. The number of hydrogen-bond acceptors (Lipinski definition) is 7. The van der Waals surface area contributed by atoms with E-state index in [0.717, 1.165) is 12.8 Å². The first kappa shape index (κ1) is 19.3. The van der Waals surface area contributed by atoms with E-state index in [1.807, 2.05) is 6.92 Å². The van der Waals surface area contributed by atoms with Gasteiger partial charge >= 0.3 is 5.97 Å². The number of carbonyl (C=O) groups excluding carboxylic acids is 1. The predicted molar refractivity (Wildman–Crippen MR) is 70.9 cm³/mol. The fraction of sp³-hybridized carbons (Fsp3) is 0.923. The molecule has 0 fully saturated rings. The quantitative estimate of drug-likeness (QED) is 0.243. The molecular weight excluding hydrogens is 268 g/mol. The zero-order valence-corrected chi connectivity index (χ0v) is 12.0. The Morgan fingerprint density at radius 3 is 2.40 bits per heavy atom. The van der Waals surface area contributed by atoms with Crippen molar-refractivity contribution in [3.05, 3.63) is 0 Å². The molecule has 0 aliphatic heterocycles. The Balaban J connectivity index is 3.58. The maximum Gasteiger partial charge on any atom is 0.305 e. The van der Waals surface area contributed by atoms with Crippen molar-refractivity contribution < 1.29 is 34.3 Å². The highest BCUT2D eigenvalue weighted by molar-refractivity contribution is 5.69. The van der Waals surface area contributed by atoms with E-state index in [-0.39, 0.29) is 51.7 Å². The fourth-order valence-corrected chi connectivity index (χ4v) is 1.27. The van der Waals surface area contributed by atoms with Crippen LogP contribution in [0.1, 0.15) is 26.2 Å². The van der Waals surface area contributed by atoms with Crippen LogP contribution in [0.2, 0.25) is 0 Å². The van der Waals surface area contributed by atoms with Crippen LogP contribution < -0.4 is 0 Å². The van der Waals surface area contributed by atoms with E-state index in [9.17, 15) is 4.79 Å². The summed E-state index contributed by atoms with van der Waals surface area (Å²) < 4.78 is 15.1. The second-order valence-corrected chi connectivity index (χ2v) is 4.53. The molecule has 3 N–H and O–H groups in total. The molecule has 0 spiro atoms. The van der Waals surface area contributed by atoms with Crippen LogP contribution in [-0.2, 0) is 19.0 Å². The van der Waals surface area contributed by atoms with Crippen LogP contribution in [0.4, 0.5) is 0 Å². The van der Waals surface area contributed by atoms with Crippen molar-refractivity contribution in [2.45, 2.75) is 32.3 Å². The maximum atomic E-state index is 11.3. The SMILES string of the molecule is CCCCC(=O)OCC(CO)COCOCC(O)CO. The van der Waals surface area contributed by atoms with Gasteiger partial charge in [0.2, 0.25) is 0 Å². The predicted octanol–water partition coefficient (Wildman–Crippen LogP) is -0.328. The first-order valence-electron chi connectivity index (χ1n) is 6.84. The van der Waals surface area contributed by atoms with Gasteiger partial charge in [-0.25, -0.2) is 0 Å². The average Bonchev–Trinajstić information content (AvgIpc) is 2.47. The van der Waals surface area contributed by atoms with Crippen molar-refractivity contribution in [1.29, 1.82) is 0 Å². The molecule has 0 aromatic rings. The molecule has 7 nitrogen and oxygen atoms in total. The van der Waals surface area contributed by atoms with Crippen molar-refractivity contribution in [2.24, 2.45) is 5.92 Å². The number of aliphatic hydroxyl groups excluding tert-OH is 3. The van der Waals surface area contributed by atoms with E-state index in [4.69, 9.17) is 29.5 Å². The van der Waals surface area contributed by atoms with E-state index >= 15 is 0 Å². The molecule has 2 atom stereocenters. The largest absolute Gasteiger partial charge is 0.465 e. The van der Waals surface area contributed by atoms with Gasteiger partial charge in [0.25, 0.3) is 0 Å². The van der Waals surface area contributed by atoms with Crippen LogP contribution in [0, 0.1) is 5.92 Å². The second kappa shape index (κ2) is 13.3. The highest BCUT2D eigenvalue weighted by atomic mass is 16.7. The summed E-state index contributed by atoms with van der Waals surface area (Å²) in [6.45, 7) is 1.69. The van der Waals surface area contributed by atoms with Gasteiger partial charge in [0.05, 0.1) is 33.0 Å². The van der Waals surface area contributed by atoms with Crippen molar-refractivity contribution in [3.63, 3.8) is 0 Å². The molecule has 0 amide bonds. The van der Waals surface area contributed by atoms with Gasteiger partial charge < -0.3 is 29.5 Å². The third kappa shape index (κ3) is 11.1. The Bertz CT molecular complexity index is 235. The standard InChI is InChI=1S/C13H26O7/c1-2-3-4-13(17)20-8-11(5-14)7-18-10-19-9-12(16)6-15/h11-12,14-16H,2-10H2,1H3. The van der Waals surface area contributed by atoms with Gasteiger partial charge in [-0.3, -0.25) is 4.79 Å². The van der Waals surface area contributed by atoms with E-state index in [2.05, 4.69) is 0 Å². The number of ether oxygens (including phenoxy) is 3. The number of rotatable bonds is 13. The molecule has 2 unspecified atom stereocenters. The molecule has 0 saturated heterocycles. The molecule has 20 heavy (non-hydrogen) atoms. The van der Waals surface area contributed by atoms with E-state index in [0.29, 0.717) is 6.42 Å². The lowest BCUT2D eigenvalue weighted by Gasteiger charge is -2.15. The summed E-state index contributed by atoms with van der Waals surface area (Å²) in [5, 5.41) is 26.7. The smallest absolute Gasteiger partial charge is 0.305 e.